The summed E-state index contributed by atoms with van der Waals surface area (Å²) in [6.07, 6.45) is 1.43. The fraction of sp³-hybridized carbons (Fsp3) is 0.0833. The van der Waals surface area contributed by atoms with Gasteiger partial charge in [0.1, 0.15) is 5.82 Å². The quantitative estimate of drug-likeness (QED) is 0.657. The van der Waals surface area contributed by atoms with E-state index in [2.05, 4.69) is 25.6 Å². The number of aryl methyl sites for hydroxylation is 1. The van der Waals surface area contributed by atoms with Crippen LogP contribution in [0.15, 0.2) is 45.9 Å². The number of sulfonamides is 1. The lowest BCUT2D eigenvalue weighted by molar-refractivity contribution is -0.387. The Balaban J connectivity index is 2.52. The minimum Gasteiger partial charge on any atom is -0.263 e. The summed E-state index contributed by atoms with van der Waals surface area (Å²) >= 11 is 3.11. The Morgan fingerprint density at radius 2 is 2.05 bits per heavy atom. The molecule has 1 aromatic heterocycles. The highest BCUT2D eigenvalue weighted by atomic mass is 79.9. The van der Waals surface area contributed by atoms with Crippen molar-refractivity contribution in [3.05, 3.63) is 56.7 Å². The van der Waals surface area contributed by atoms with Crippen molar-refractivity contribution in [2.75, 3.05) is 4.72 Å². The SMILES string of the molecule is Cc1cccnc1NS(=O)(=O)c1cc(Br)ccc1[N+](=O)[O-]. The van der Waals surface area contributed by atoms with Crippen molar-refractivity contribution in [3.63, 3.8) is 0 Å². The molecule has 0 unspecified atom stereocenters. The standard InChI is InChI=1S/C12H10BrN3O4S/c1-8-3-2-6-14-12(8)15-21(19,20)11-7-9(13)4-5-10(11)16(17)18/h2-7H,1H3,(H,14,15). The Morgan fingerprint density at radius 3 is 2.67 bits per heavy atom. The molecular weight excluding hydrogens is 362 g/mol. The number of rotatable bonds is 4. The second-order valence-electron chi connectivity index (χ2n) is 4.14. The lowest BCUT2D eigenvalue weighted by Crippen LogP contribution is -2.16. The number of pyridine rings is 1. The van der Waals surface area contributed by atoms with Crippen LogP contribution in [-0.4, -0.2) is 18.3 Å². The Bertz CT molecular complexity index is 808. The van der Waals surface area contributed by atoms with Gasteiger partial charge in [-0.3, -0.25) is 14.8 Å². The van der Waals surface area contributed by atoms with E-state index in [0.29, 0.717) is 10.0 Å². The first-order valence-electron chi connectivity index (χ1n) is 5.69. The Kier molecular flexibility index (Phi) is 4.24. The van der Waals surface area contributed by atoms with Gasteiger partial charge in [0.15, 0.2) is 4.90 Å². The van der Waals surface area contributed by atoms with Crippen molar-refractivity contribution < 1.29 is 13.3 Å². The van der Waals surface area contributed by atoms with Crippen LogP contribution >= 0.6 is 15.9 Å². The van der Waals surface area contributed by atoms with Crippen molar-refractivity contribution in [1.29, 1.82) is 0 Å². The Labute approximate surface area is 129 Å². The predicted octanol–water partition coefficient (Wildman–Crippen LogP) is 2.86. The summed E-state index contributed by atoms with van der Waals surface area (Å²) in [4.78, 5) is 13.7. The molecule has 110 valence electrons. The van der Waals surface area contributed by atoms with Crippen LogP contribution < -0.4 is 4.72 Å². The van der Waals surface area contributed by atoms with Crippen molar-refractivity contribution in [2.24, 2.45) is 0 Å². The number of nitro benzene ring substituents is 1. The molecule has 0 spiro atoms. The third kappa shape index (κ3) is 3.37. The number of aromatic nitrogens is 1. The number of nitro groups is 1. The molecule has 0 saturated heterocycles. The zero-order valence-electron chi connectivity index (χ0n) is 10.8. The van der Waals surface area contributed by atoms with E-state index < -0.39 is 25.5 Å². The highest BCUT2D eigenvalue weighted by Gasteiger charge is 2.26. The van der Waals surface area contributed by atoms with Crippen LogP contribution in [0.5, 0.6) is 0 Å². The molecule has 7 nitrogen and oxygen atoms in total. The molecular formula is C12H10BrN3O4S. The second kappa shape index (κ2) is 5.78. The monoisotopic (exact) mass is 371 g/mol. The van der Waals surface area contributed by atoms with Gasteiger partial charge in [-0.05, 0) is 30.7 Å². The largest absolute Gasteiger partial charge is 0.289 e. The zero-order chi connectivity index (χ0) is 15.6. The minimum absolute atomic E-state index is 0.131. The number of hydrogen-bond acceptors (Lipinski definition) is 5. The molecule has 0 radical (unpaired) electrons. The maximum atomic E-state index is 12.4. The van der Waals surface area contributed by atoms with Gasteiger partial charge in [0.05, 0.1) is 4.92 Å². The minimum atomic E-state index is -4.12. The molecule has 2 rings (SSSR count). The van der Waals surface area contributed by atoms with Crippen molar-refractivity contribution >= 4 is 37.5 Å². The number of nitrogens with one attached hydrogen (secondary N) is 1. The number of nitrogens with zero attached hydrogens (tertiary/aromatic N) is 2. The van der Waals surface area contributed by atoms with E-state index in [4.69, 9.17) is 0 Å². The molecule has 0 bridgehead atoms. The Morgan fingerprint density at radius 1 is 1.33 bits per heavy atom. The second-order valence-corrected chi connectivity index (χ2v) is 6.71. The summed E-state index contributed by atoms with van der Waals surface area (Å²) in [5.41, 5.74) is 0.109. The molecule has 1 N–H and O–H groups in total. The fourth-order valence-electron chi connectivity index (χ4n) is 1.63. The summed E-state index contributed by atoms with van der Waals surface area (Å²) in [5.74, 6) is 0.131. The summed E-state index contributed by atoms with van der Waals surface area (Å²) in [5, 5.41) is 11.0. The number of benzene rings is 1. The maximum absolute atomic E-state index is 12.4. The number of halogens is 1. The van der Waals surface area contributed by atoms with Crippen LogP contribution in [0.3, 0.4) is 0 Å². The first-order chi connectivity index (χ1) is 9.81. The highest BCUT2D eigenvalue weighted by Crippen LogP contribution is 2.28. The van der Waals surface area contributed by atoms with Crippen LogP contribution in [0, 0.1) is 17.0 Å². The van der Waals surface area contributed by atoms with Crippen molar-refractivity contribution in [1.82, 2.24) is 4.98 Å². The van der Waals surface area contributed by atoms with Crippen molar-refractivity contribution in [3.8, 4) is 0 Å². The van der Waals surface area contributed by atoms with E-state index in [1.807, 2.05) is 0 Å². The van der Waals surface area contributed by atoms with E-state index >= 15 is 0 Å². The van der Waals surface area contributed by atoms with E-state index in [0.717, 1.165) is 6.07 Å². The molecule has 0 aliphatic heterocycles. The average Bonchev–Trinajstić information content (AvgIpc) is 2.41. The maximum Gasteiger partial charge on any atom is 0.289 e. The van der Waals surface area contributed by atoms with Gasteiger partial charge in [-0.2, -0.15) is 0 Å². The molecule has 2 aromatic rings. The summed E-state index contributed by atoms with van der Waals surface area (Å²) < 4.78 is 27.4. The predicted molar refractivity (Wildman–Crippen MR) is 80.6 cm³/mol. The van der Waals surface area contributed by atoms with E-state index in [1.54, 1.807) is 19.1 Å². The third-order valence-electron chi connectivity index (χ3n) is 2.65. The molecule has 0 atom stereocenters. The molecule has 0 amide bonds. The normalized spacial score (nSPS) is 11.1. The average molecular weight is 372 g/mol. The van der Waals surface area contributed by atoms with E-state index in [9.17, 15) is 18.5 Å². The summed E-state index contributed by atoms with van der Waals surface area (Å²) in [6.45, 7) is 1.68. The highest BCUT2D eigenvalue weighted by molar-refractivity contribution is 9.10. The van der Waals surface area contributed by atoms with Crippen LogP contribution in [0.4, 0.5) is 11.5 Å². The molecule has 0 saturated carbocycles. The van der Waals surface area contributed by atoms with Gasteiger partial charge < -0.3 is 0 Å². The smallest absolute Gasteiger partial charge is 0.263 e. The summed E-state index contributed by atoms with van der Waals surface area (Å²) in [6, 6.07) is 7.06. The summed E-state index contributed by atoms with van der Waals surface area (Å²) in [7, 11) is -4.12. The fourth-order valence-corrected chi connectivity index (χ4v) is 3.42. The topological polar surface area (TPSA) is 102 Å². The van der Waals surface area contributed by atoms with E-state index in [1.165, 1.54) is 18.3 Å². The number of anilines is 1. The molecule has 0 aliphatic carbocycles. The van der Waals surface area contributed by atoms with E-state index in [-0.39, 0.29) is 5.82 Å². The molecule has 9 heteroatoms. The van der Waals surface area contributed by atoms with Gasteiger partial charge in [0.2, 0.25) is 0 Å². The van der Waals surface area contributed by atoms with Gasteiger partial charge in [0.25, 0.3) is 15.7 Å². The lowest BCUT2D eigenvalue weighted by Gasteiger charge is -2.09. The van der Waals surface area contributed by atoms with Gasteiger partial charge in [-0.1, -0.05) is 22.0 Å². The number of hydrogen-bond donors (Lipinski definition) is 1. The molecule has 1 heterocycles. The van der Waals surface area contributed by atoms with Gasteiger partial charge >= 0.3 is 0 Å². The third-order valence-corrected chi connectivity index (χ3v) is 4.51. The van der Waals surface area contributed by atoms with Crippen molar-refractivity contribution in [2.45, 2.75) is 11.8 Å². The molecule has 0 fully saturated rings. The zero-order valence-corrected chi connectivity index (χ0v) is 13.2. The first kappa shape index (κ1) is 15.4. The van der Waals surface area contributed by atoms with Gasteiger partial charge in [-0.15, -0.1) is 0 Å². The molecule has 0 aliphatic rings. The van der Waals surface area contributed by atoms with Crippen LogP contribution in [0.1, 0.15) is 5.56 Å². The molecule has 21 heavy (non-hydrogen) atoms. The molecule has 1 aromatic carbocycles. The van der Waals surface area contributed by atoms with Gasteiger partial charge in [-0.25, -0.2) is 13.4 Å². The van der Waals surface area contributed by atoms with Crippen LogP contribution in [0.25, 0.3) is 0 Å². The van der Waals surface area contributed by atoms with Crippen LogP contribution in [0.2, 0.25) is 0 Å². The van der Waals surface area contributed by atoms with Gasteiger partial charge in [0, 0.05) is 16.7 Å². The first-order valence-corrected chi connectivity index (χ1v) is 7.97. The Hall–Kier alpha value is -2.00. The van der Waals surface area contributed by atoms with Crippen LogP contribution in [-0.2, 0) is 10.0 Å². The lowest BCUT2D eigenvalue weighted by atomic mass is 10.3.